The van der Waals surface area contributed by atoms with Gasteiger partial charge in [-0.15, -0.1) is 0 Å². The maximum absolute atomic E-state index is 11.2. The first-order valence-electron chi connectivity index (χ1n) is 18.0. The molecule has 10 rings (SSSR count). The number of benzene rings is 2. The van der Waals surface area contributed by atoms with E-state index in [0.29, 0.717) is 56.4 Å². The molecule has 0 radical (unpaired) electrons. The Labute approximate surface area is 308 Å². The van der Waals surface area contributed by atoms with Crippen molar-refractivity contribution in [3.8, 4) is 51.3 Å². The first-order chi connectivity index (χ1) is 26.4. The van der Waals surface area contributed by atoms with Gasteiger partial charge in [-0.1, -0.05) is 0 Å². The zero-order valence-electron chi connectivity index (χ0n) is 29.7. The fourth-order valence-electron chi connectivity index (χ4n) is 7.36. The molecule has 8 heterocycles. The lowest BCUT2D eigenvalue weighted by Gasteiger charge is -2.16. The number of hydrogen-bond acceptors (Lipinski definition) is 12. The molecule has 2 aliphatic heterocycles. The zero-order chi connectivity index (χ0) is 36.3. The van der Waals surface area contributed by atoms with Crippen LogP contribution in [0.1, 0.15) is 12.8 Å². The maximum Gasteiger partial charge on any atom is 0.163 e. The molecule has 0 amide bonds. The fourth-order valence-corrected chi connectivity index (χ4v) is 7.36. The van der Waals surface area contributed by atoms with E-state index in [9.17, 15) is 5.11 Å². The second-order valence-corrected chi connectivity index (χ2v) is 14.0. The van der Waals surface area contributed by atoms with Crippen molar-refractivity contribution >= 4 is 43.9 Å². The molecule has 0 unspecified atom stereocenters. The Kier molecular flexibility index (Phi) is 7.73. The Morgan fingerprint density at radius 1 is 0.667 bits per heavy atom. The lowest BCUT2D eigenvalue weighted by molar-refractivity contribution is 0.222. The number of phenols is 1. The van der Waals surface area contributed by atoms with Gasteiger partial charge in [0.1, 0.15) is 41.0 Å². The van der Waals surface area contributed by atoms with E-state index in [1.54, 1.807) is 27.8 Å². The van der Waals surface area contributed by atoms with Crippen LogP contribution in [0.15, 0.2) is 79.4 Å². The van der Waals surface area contributed by atoms with E-state index < -0.39 is 0 Å². The number of nitrogens with zero attached hydrogens (tertiary/aromatic N) is 8. The average molecular weight is 721 g/mol. The Bertz CT molecular complexity index is 2730. The van der Waals surface area contributed by atoms with Gasteiger partial charge in [0.05, 0.1) is 40.2 Å². The van der Waals surface area contributed by atoms with E-state index >= 15 is 0 Å². The van der Waals surface area contributed by atoms with E-state index in [1.165, 1.54) is 0 Å². The topological polar surface area (TPSA) is 159 Å². The van der Waals surface area contributed by atoms with Gasteiger partial charge in [0, 0.05) is 85.1 Å². The number of fused-ring (bicyclic) bond motifs is 4. The highest BCUT2D eigenvalue weighted by Gasteiger charge is 2.22. The molecule has 0 spiro atoms. The minimum atomic E-state index is 0.0390. The second-order valence-electron chi connectivity index (χ2n) is 14.0. The number of phenolic OH excluding ortho intramolecular Hbond substituents is 1. The molecule has 2 saturated heterocycles. The highest BCUT2D eigenvalue weighted by molar-refractivity contribution is 5.93. The molecule has 54 heavy (non-hydrogen) atoms. The Morgan fingerprint density at radius 2 is 1.31 bits per heavy atom. The number of aromatic nitrogens is 8. The van der Waals surface area contributed by atoms with Crippen LogP contribution < -0.4 is 24.8 Å². The molecule has 2 fully saturated rings. The van der Waals surface area contributed by atoms with E-state index in [2.05, 4.69) is 25.8 Å². The summed E-state index contributed by atoms with van der Waals surface area (Å²) in [6, 6.07) is 17.2. The first-order valence-corrected chi connectivity index (χ1v) is 18.0. The van der Waals surface area contributed by atoms with Gasteiger partial charge in [-0.05, 0) is 62.3 Å². The molecule has 0 saturated carbocycles. The van der Waals surface area contributed by atoms with Gasteiger partial charge < -0.3 is 30.0 Å². The van der Waals surface area contributed by atoms with Gasteiger partial charge >= 0.3 is 0 Å². The average Bonchev–Trinajstić information content (AvgIpc) is 3.99. The number of hydrogen-bond donors (Lipinski definition) is 3. The molecular formula is C40H36N10O4. The van der Waals surface area contributed by atoms with Crippen molar-refractivity contribution in [2.75, 3.05) is 26.2 Å². The molecule has 2 atom stereocenters. The summed E-state index contributed by atoms with van der Waals surface area (Å²) in [6.07, 6.45) is 9.32. The minimum Gasteiger partial charge on any atom is -0.507 e. The molecule has 0 bridgehead atoms. The molecule has 3 N–H and O–H groups in total. The molecule has 14 nitrogen and oxygen atoms in total. The summed E-state index contributed by atoms with van der Waals surface area (Å²) in [5.74, 6) is 2.39. The number of nitrogens with one attached hydrogen (secondary N) is 2. The molecule has 270 valence electrons. The van der Waals surface area contributed by atoms with Crippen molar-refractivity contribution in [3.63, 3.8) is 0 Å². The molecule has 0 aliphatic carbocycles. The third-order valence-corrected chi connectivity index (χ3v) is 9.98. The summed E-state index contributed by atoms with van der Waals surface area (Å²) in [6.45, 7) is 3.44. The predicted octanol–water partition coefficient (Wildman–Crippen LogP) is 5.66. The predicted molar refractivity (Wildman–Crippen MR) is 204 cm³/mol. The zero-order valence-corrected chi connectivity index (χ0v) is 29.7. The van der Waals surface area contributed by atoms with Crippen LogP contribution in [0.4, 0.5) is 0 Å². The van der Waals surface area contributed by atoms with Crippen LogP contribution in [-0.2, 0) is 14.1 Å². The van der Waals surface area contributed by atoms with Crippen LogP contribution in [0.25, 0.3) is 66.4 Å². The van der Waals surface area contributed by atoms with Gasteiger partial charge in [-0.3, -0.25) is 9.36 Å². The molecule has 2 aromatic carbocycles. The van der Waals surface area contributed by atoms with Gasteiger partial charge in [0.2, 0.25) is 0 Å². The molecule has 8 aromatic rings. The Balaban J connectivity index is 1.10. The Morgan fingerprint density at radius 3 is 2.02 bits per heavy atom. The molecule has 14 heteroatoms. The Hall–Kier alpha value is -6.38. The first kappa shape index (κ1) is 32.3. The van der Waals surface area contributed by atoms with Crippen LogP contribution >= 0.6 is 0 Å². The monoisotopic (exact) mass is 720 g/mol. The van der Waals surface area contributed by atoms with Gasteiger partial charge in [0.25, 0.3) is 0 Å². The maximum atomic E-state index is 11.2. The summed E-state index contributed by atoms with van der Waals surface area (Å²) < 4.78 is 22.9. The highest BCUT2D eigenvalue weighted by Crippen LogP contribution is 2.42. The number of aromatic hydroxyl groups is 1. The number of pyridine rings is 4. The summed E-state index contributed by atoms with van der Waals surface area (Å²) in [7, 11) is 3.74. The van der Waals surface area contributed by atoms with Gasteiger partial charge in [-0.25, -0.2) is 19.9 Å². The fraction of sp³-hybridized carbons (Fsp3) is 0.250. The standard InChI is InChI=1S/C40H36N10O4/c1-49-20-23-10-29(36(51)13-33(23)47-49)35-15-38(31-12-28(19-44-40(31)46-35)53-26-6-8-42-17-26)54-37-14-34-24(21-50(2)48-34)11-30(37)32-4-3-22-9-27(18-43-39(22)45-32)52-25-5-7-41-16-25/h3-4,9-15,18-21,25-26,41-42,51H,5-8,16-17H2,1-2H3/t25-,26+/m1/s1. The minimum absolute atomic E-state index is 0.0390. The second kappa shape index (κ2) is 12.9. The van der Waals surface area contributed by atoms with Crippen molar-refractivity contribution in [1.82, 2.24) is 50.1 Å². The molecule has 6 aromatic heterocycles. The van der Waals surface area contributed by atoms with E-state index in [1.807, 2.05) is 75.0 Å². The normalized spacial score (nSPS) is 17.3. The number of rotatable bonds is 8. The van der Waals surface area contributed by atoms with Crippen LogP contribution in [0.5, 0.6) is 28.7 Å². The third-order valence-electron chi connectivity index (χ3n) is 9.98. The largest absolute Gasteiger partial charge is 0.507 e. The van der Waals surface area contributed by atoms with Gasteiger partial charge in [0.15, 0.2) is 11.3 Å². The SMILES string of the molecule is Cn1cc2cc(-c3cc(Oc4cc5nn(C)cc5cc4-c4ccc5cc(O[C@@H]6CCNC6)cnc5n4)c4cc(O[C@H]5CCNC5)cnc4n3)c(O)cc2n1. The van der Waals surface area contributed by atoms with Crippen molar-refractivity contribution in [2.24, 2.45) is 14.1 Å². The lowest BCUT2D eigenvalue weighted by Crippen LogP contribution is -2.19. The van der Waals surface area contributed by atoms with Crippen LogP contribution in [0, 0.1) is 0 Å². The van der Waals surface area contributed by atoms with Crippen LogP contribution in [-0.4, -0.2) is 83.0 Å². The lowest BCUT2D eigenvalue weighted by atomic mass is 10.1. The summed E-state index contributed by atoms with van der Waals surface area (Å²) in [4.78, 5) is 19.3. The smallest absolute Gasteiger partial charge is 0.163 e. The van der Waals surface area contributed by atoms with E-state index in [4.69, 9.17) is 29.2 Å². The van der Waals surface area contributed by atoms with Crippen LogP contribution in [0.2, 0.25) is 0 Å². The molecular weight excluding hydrogens is 685 g/mol. The summed E-state index contributed by atoms with van der Waals surface area (Å²) in [5, 5.41) is 30.3. The van der Waals surface area contributed by atoms with Gasteiger partial charge in [-0.2, -0.15) is 10.2 Å². The quantitative estimate of drug-likeness (QED) is 0.177. The van der Waals surface area contributed by atoms with Crippen molar-refractivity contribution in [1.29, 1.82) is 0 Å². The van der Waals surface area contributed by atoms with Crippen molar-refractivity contribution in [2.45, 2.75) is 25.0 Å². The number of aryl methyl sites for hydroxylation is 2. The summed E-state index contributed by atoms with van der Waals surface area (Å²) >= 11 is 0. The molecule has 2 aliphatic rings. The van der Waals surface area contributed by atoms with E-state index in [-0.39, 0.29) is 18.0 Å². The highest BCUT2D eigenvalue weighted by atomic mass is 16.5. The number of ether oxygens (including phenoxy) is 3. The van der Waals surface area contributed by atoms with Crippen molar-refractivity contribution < 1.29 is 19.3 Å². The van der Waals surface area contributed by atoms with E-state index in [0.717, 1.165) is 72.0 Å². The van der Waals surface area contributed by atoms with Crippen LogP contribution in [0.3, 0.4) is 0 Å². The van der Waals surface area contributed by atoms with Crippen molar-refractivity contribution in [3.05, 3.63) is 79.4 Å². The summed E-state index contributed by atoms with van der Waals surface area (Å²) in [5.41, 5.74) is 4.90. The third kappa shape index (κ3) is 6.04.